The van der Waals surface area contributed by atoms with Crippen molar-refractivity contribution in [2.24, 2.45) is 0 Å². The van der Waals surface area contributed by atoms with Gasteiger partial charge < -0.3 is 58.0 Å². The molecule has 38 heavy (non-hydrogen) atoms. The Bertz CT molecular complexity index is 1400. The van der Waals surface area contributed by atoms with Crippen LogP contribution in [0.3, 0.4) is 0 Å². The first-order valence-electron chi connectivity index (χ1n) is 11.5. The van der Waals surface area contributed by atoms with Gasteiger partial charge in [-0.1, -0.05) is 0 Å². The van der Waals surface area contributed by atoms with Crippen LogP contribution in [-0.4, -0.2) is 85.9 Å². The summed E-state index contributed by atoms with van der Waals surface area (Å²) in [5.74, 6) is 1.36. The molecule has 0 saturated carbocycles. The highest BCUT2D eigenvalue weighted by atomic mass is 16.7. The molecule has 0 aliphatic carbocycles. The third-order valence-electron chi connectivity index (χ3n) is 6.43. The number of benzene rings is 2. The smallest absolute Gasteiger partial charge is 0.231 e. The second-order valence-corrected chi connectivity index (χ2v) is 8.52. The van der Waals surface area contributed by atoms with Crippen LogP contribution >= 0.6 is 0 Å². The summed E-state index contributed by atoms with van der Waals surface area (Å²) in [6.07, 6.45) is -6.21. The van der Waals surface area contributed by atoms with Crippen molar-refractivity contribution in [3.8, 4) is 45.6 Å². The van der Waals surface area contributed by atoms with E-state index in [1.54, 1.807) is 6.07 Å². The first kappa shape index (κ1) is 25.9. The van der Waals surface area contributed by atoms with Crippen LogP contribution < -0.4 is 33.8 Å². The van der Waals surface area contributed by atoms with E-state index in [4.69, 9.17) is 37.6 Å². The van der Waals surface area contributed by atoms with Crippen molar-refractivity contribution in [2.45, 2.75) is 30.7 Å². The molecule has 0 radical (unpaired) electrons. The van der Waals surface area contributed by atoms with Crippen LogP contribution in [0.4, 0.5) is 0 Å². The van der Waals surface area contributed by atoms with Gasteiger partial charge in [-0.15, -0.1) is 0 Å². The van der Waals surface area contributed by atoms with Crippen LogP contribution in [0.25, 0.3) is 22.1 Å². The van der Waals surface area contributed by atoms with Crippen LogP contribution in [0.5, 0.6) is 34.5 Å². The van der Waals surface area contributed by atoms with E-state index in [2.05, 4.69) is 0 Å². The Balaban J connectivity index is 1.57. The van der Waals surface area contributed by atoms with Crippen LogP contribution in [0.2, 0.25) is 0 Å². The molecule has 1 fully saturated rings. The first-order valence-corrected chi connectivity index (χ1v) is 11.5. The molecule has 5 atom stereocenters. The van der Waals surface area contributed by atoms with E-state index in [-0.39, 0.29) is 40.6 Å². The van der Waals surface area contributed by atoms with E-state index in [1.165, 1.54) is 39.7 Å². The average Bonchev–Trinajstić information content (AvgIpc) is 3.42. The lowest BCUT2D eigenvalue weighted by Gasteiger charge is -2.39. The van der Waals surface area contributed by atoms with E-state index >= 15 is 0 Å². The minimum atomic E-state index is -1.64. The molecule has 1 aromatic heterocycles. The van der Waals surface area contributed by atoms with Gasteiger partial charge in [-0.25, -0.2) is 0 Å². The molecule has 1 saturated heterocycles. The fourth-order valence-corrected chi connectivity index (χ4v) is 4.43. The predicted octanol–water partition coefficient (Wildman–Crippen LogP) is 0.393. The lowest BCUT2D eigenvalue weighted by atomic mass is 9.99. The molecule has 5 rings (SSSR count). The quantitative estimate of drug-likeness (QED) is 0.328. The number of ether oxygens (including phenoxy) is 7. The van der Waals surface area contributed by atoms with Gasteiger partial charge in [-0.2, -0.15) is 0 Å². The fraction of sp³-hybridized carbons (Fsp3) is 0.400. The fourth-order valence-electron chi connectivity index (χ4n) is 4.43. The lowest BCUT2D eigenvalue weighted by molar-refractivity contribution is -0.277. The Morgan fingerprint density at radius 1 is 0.868 bits per heavy atom. The highest BCUT2D eigenvalue weighted by Gasteiger charge is 2.45. The molecule has 0 bridgehead atoms. The van der Waals surface area contributed by atoms with E-state index in [1.807, 2.05) is 0 Å². The Morgan fingerprint density at radius 2 is 1.61 bits per heavy atom. The number of fused-ring (bicyclic) bond motifs is 2. The van der Waals surface area contributed by atoms with Gasteiger partial charge in [0.15, 0.2) is 23.0 Å². The first-order chi connectivity index (χ1) is 18.3. The van der Waals surface area contributed by atoms with Gasteiger partial charge in [-0.3, -0.25) is 4.79 Å². The van der Waals surface area contributed by atoms with E-state index in [0.29, 0.717) is 22.8 Å². The molecule has 2 aliphatic rings. The zero-order chi connectivity index (χ0) is 27.1. The van der Waals surface area contributed by atoms with Gasteiger partial charge in [0.05, 0.1) is 38.9 Å². The van der Waals surface area contributed by atoms with Crippen molar-refractivity contribution >= 4 is 11.0 Å². The van der Waals surface area contributed by atoms with Crippen molar-refractivity contribution in [3.63, 3.8) is 0 Å². The summed E-state index contributed by atoms with van der Waals surface area (Å²) in [7, 11) is 4.23. The summed E-state index contributed by atoms with van der Waals surface area (Å²) in [5.41, 5.74) is 0.189. The highest BCUT2D eigenvalue weighted by molar-refractivity contribution is 5.87. The second-order valence-electron chi connectivity index (χ2n) is 8.52. The molecular formula is C25H26O13. The van der Waals surface area contributed by atoms with Gasteiger partial charge >= 0.3 is 0 Å². The zero-order valence-corrected chi connectivity index (χ0v) is 20.6. The van der Waals surface area contributed by atoms with Crippen LogP contribution in [0.15, 0.2) is 33.7 Å². The molecule has 2 aliphatic heterocycles. The van der Waals surface area contributed by atoms with E-state index in [9.17, 15) is 25.2 Å². The van der Waals surface area contributed by atoms with Crippen molar-refractivity contribution in [1.82, 2.24) is 0 Å². The molecule has 4 N–H and O–H groups in total. The minimum Gasteiger partial charge on any atom is -0.493 e. The predicted molar refractivity (Wildman–Crippen MR) is 128 cm³/mol. The molecule has 3 heterocycles. The Morgan fingerprint density at radius 3 is 2.29 bits per heavy atom. The third-order valence-corrected chi connectivity index (χ3v) is 6.43. The largest absolute Gasteiger partial charge is 0.493 e. The number of aliphatic hydroxyl groups is 4. The summed E-state index contributed by atoms with van der Waals surface area (Å²) < 4.78 is 44.2. The second kappa shape index (κ2) is 10.2. The number of hydrogen-bond acceptors (Lipinski definition) is 13. The van der Waals surface area contributed by atoms with Gasteiger partial charge in [0, 0.05) is 11.6 Å². The molecule has 3 aromatic rings. The normalized spacial score (nSPS) is 24.3. The van der Waals surface area contributed by atoms with E-state index < -0.39 is 42.7 Å². The van der Waals surface area contributed by atoms with Crippen molar-refractivity contribution in [3.05, 3.63) is 34.7 Å². The summed E-state index contributed by atoms with van der Waals surface area (Å²) in [5, 5.41) is 39.9. The topological polar surface area (TPSA) is 176 Å². The number of rotatable bonds is 7. The summed E-state index contributed by atoms with van der Waals surface area (Å²) in [6.45, 7) is -0.655. The van der Waals surface area contributed by atoms with Crippen LogP contribution in [0, 0.1) is 0 Å². The molecule has 0 spiro atoms. The van der Waals surface area contributed by atoms with Gasteiger partial charge in [-0.05, 0) is 12.1 Å². The number of hydrogen-bond donors (Lipinski definition) is 4. The van der Waals surface area contributed by atoms with Crippen molar-refractivity contribution in [2.75, 3.05) is 34.7 Å². The molecule has 1 unspecified atom stereocenters. The molecule has 204 valence electrons. The monoisotopic (exact) mass is 534 g/mol. The lowest BCUT2D eigenvalue weighted by Crippen LogP contribution is -2.60. The maximum Gasteiger partial charge on any atom is 0.231 e. The SMILES string of the molecule is COc1cc2c(=O)c(-c3cc(OC)c4c(c3OC)OCO4)coc2cc1OC1O[C@H](CO)[C@@H](O)[C@H](O)[C@H]1O. The summed E-state index contributed by atoms with van der Waals surface area (Å²) >= 11 is 0. The number of methoxy groups -OCH3 is 3. The average molecular weight is 534 g/mol. The van der Waals surface area contributed by atoms with Gasteiger partial charge in [0.2, 0.25) is 30.0 Å². The maximum absolute atomic E-state index is 13.6. The standard InChI is InChI=1S/C25H26O13/c1-31-14-5-11-13(6-15(14)37-25-21(30)20(29)19(28)17(7-26)38-25)34-8-12(18(11)27)10-4-16(32-2)23-24(22(10)33-3)36-9-35-23/h4-6,8,17,19-21,25-26,28-30H,7,9H2,1-3H3/t17-,19-,20+,21-,25?/m1/s1. The summed E-state index contributed by atoms with van der Waals surface area (Å²) in [4.78, 5) is 13.6. The minimum absolute atomic E-state index is 0.0163. The number of aliphatic hydroxyl groups excluding tert-OH is 4. The third kappa shape index (κ3) is 4.14. The highest BCUT2D eigenvalue weighted by Crippen LogP contribution is 2.52. The maximum atomic E-state index is 13.6. The molecule has 13 heteroatoms. The van der Waals surface area contributed by atoms with Crippen LogP contribution in [-0.2, 0) is 4.74 Å². The van der Waals surface area contributed by atoms with Crippen LogP contribution in [0.1, 0.15) is 0 Å². The molecule has 2 aromatic carbocycles. The van der Waals surface area contributed by atoms with Gasteiger partial charge in [0.1, 0.15) is 36.3 Å². The Hall–Kier alpha value is -3.75. The van der Waals surface area contributed by atoms with Crippen molar-refractivity contribution in [1.29, 1.82) is 0 Å². The molecular weight excluding hydrogens is 508 g/mol. The van der Waals surface area contributed by atoms with E-state index in [0.717, 1.165) is 0 Å². The molecule has 13 nitrogen and oxygen atoms in total. The Kier molecular flexibility index (Phi) is 6.94. The van der Waals surface area contributed by atoms with Gasteiger partial charge in [0.25, 0.3) is 0 Å². The Labute approximate surface area is 215 Å². The van der Waals surface area contributed by atoms with Crippen molar-refractivity contribution < 1.29 is 58.0 Å². The summed E-state index contributed by atoms with van der Waals surface area (Å²) in [6, 6.07) is 4.33. The molecule has 0 amide bonds. The zero-order valence-electron chi connectivity index (χ0n) is 20.6.